The van der Waals surface area contributed by atoms with Crippen molar-refractivity contribution in [3.8, 4) is 22.9 Å². The summed E-state index contributed by atoms with van der Waals surface area (Å²) in [5.74, 6) is 2.65. The number of tetrazole rings is 1. The van der Waals surface area contributed by atoms with Crippen molar-refractivity contribution in [3.05, 3.63) is 53.9 Å². The van der Waals surface area contributed by atoms with E-state index in [2.05, 4.69) is 20.4 Å². The van der Waals surface area contributed by atoms with E-state index in [-0.39, 0.29) is 5.91 Å². The summed E-state index contributed by atoms with van der Waals surface area (Å²) in [5, 5.41) is 12.1. The second-order valence-corrected chi connectivity index (χ2v) is 7.34. The Morgan fingerprint density at radius 2 is 1.62 bits per heavy atom. The van der Waals surface area contributed by atoms with Gasteiger partial charge in [-0.15, -0.1) is 5.10 Å². The number of ether oxygens (including phenoxy) is 3. The molecule has 1 amide bonds. The van der Waals surface area contributed by atoms with E-state index in [1.54, 1.807) is 44.2 Å². The van der Waals surface area contributed by atoms with E-state index in [1.165, 1.54) is 0 Å². The smallest absolute Gasteiger partial charge is 0.254 e. The molecule has 32 heavy (non-hydrogen) atoms. The SMILES string of the molecule is COc1ccc(-n2nnnc2CN2CCN(C(=O)c3ccc(OC)c(OC)c3)CC2)cc1. The zero-order chi connectivity index (χ0) is 22.5. The van der Waals surface area contributed by atoms with Crippen LogP contribution in [0.15, 0.2) is 42.5 Å². The molecule has 2 aromatic carbocycles. The van der Waals surface area contributed by atoms with E-state index in [9.17, 15) is 4.79 Å². The topological polar surface area (TPSA) is 94.8 Å². The number of carbonyl (C=O) groups excluding carboxylic acids is 1. The van der Waals surface area contributed by atoms with Crippen molar-refractivity contribution in [1.82, 2.24) is 30.0 Å². The zero-order valence-corrected chi connectivity index (χ0v) is 18.4. The fraction of sp³-hybridized carbons (Fsp3) is 0.364. The number of carbonyl (C=O) groups is 1. The molecule has 1 saturated heterocycles. The summed E-state index contributed by atoms with van der Waals surface area (Å²) >= 11 is 0. The summed E-state index contributed by atoms with van der Waals surface area (Å²) in [7, 11) is 4.76. The Bertz CT molecular complexity index is 1060. The van der Waals surface area contributed by atoms with Crippen LogP contribution < -0.4 is 14.2 Å². The summed E-state index contributed by atoms with van der Waals surface area (Å²) in [6, 6.07) is 12.8. The first-order chi connectivity index (χ1) is 15.6. The summed E-state index contributed by atoms with van der Waals surface area (Å²) in [6.07, 6.45) is 0. The molecule has 1 aliphatic rings. The van der Waals surface area contributed by atoms with Crippen LogP contribution in [-0.2, 0) is 6.54 Å². The van der Waals surface area contributed by atoms with Gasteiger partial charge in [0.15, 0.2) is 17.3 Å². The lowest BCUT2D eigenvalue weighted by atomic mass is 10.1. The molecule has 2 heterocycles. The molecule has 4 rings (SSSR count). The summed E-state index contributed by atoms with van der Waals surface area (Å²) in [6.45, 7) is 3.30. The number of amides is 1. The average molecular weight is 438 g/mol. The summed E-state index contributed by atoms with van der Waals surface area (Å²) in [4.78, 5) is 17.0. The molecule has 0 saturated carbocycles. The highest BCUT2D eigenvalue weighted by Gasteiger charge is 2.24. The van der Waals surface area contributed by atoms with Crippen molar-refractivity contribution in [2.24, 2.45) is 0 Å². The van der Waals surface area contributed by atoms with Crippen LogP contribution in [0, 0.1) is 0 Å². The number of hydrogen-bond donors (Lipinski definition) is 0. The third-order valence-corrected chi connectivity index (χ3v) is 5.51. The summed E-state index contributed by atoms with van der Waals surface area (Å²) in [5.41, 5.74) is 1.45. The molecule has 1 aliphatic heterocycles. The van der Waals surface area contributed by atoms with Gasteiger partial charge < -0.3 is 19.1 Å². The molecule has 0 bridgehead atoms. The van der Waals surface area contributed by atoms with E-state index in [0.717, 1.165) is 30.4 Å². The molecule has 0 atom stereocenters. The lowest BCUT2D eigenvalue weighted by Gasteiger charge is -2.34. The molecule has 168 valence electrons. The number of piperazine rings is 1. The molecule has 0 N–H and O–H groups in total. The Balaban J connectivity index is 1.38. The third-order valence-electron chi connectivity index (χ3n) is 5.51. The Morgan fingerprint density at radius 3 is 2.28 bits per heavy atom. The van der Waals surface area contributed by atoms with Crippen molar-refractivity contribution < 1.29 is 19.0 Å². The maximum atomic E-state index is 12.9. The first-order valence-electron chi connectivity index (χ1n) is 10.3. The number of methoxy groups -OCH3 is 3. The van der Waals surface area contributed by atoms with Gasteiger partial charge in [0.25, 0.3) is 5.91 Å². The highest BCUT2D eigenvalue weighted by molar-refractivity contribution is 5.95. The number of rotatable bonds is 7. The van der Waals surface area contributed by atoms with Crippen molar-refractivity contribution in [3.63, 3.8) is 0 Å². The predicted molar refractivity (Wildman–Crippen MR) is 116 cm³/mol. The fourth-order valence-corrected chi connectivity index (χ4v) is 3.69. The maximum absolute atomic E-state index is 12.9. The Kier molecular flexibility index (Phi) is 6.50. The minimum Gasteiger partial charge on any atom is -0.497 e. The van der Waals surface area contributed by atoms with Crippen molar-refractivity contribution >= 4 is 5.91 Å². The van der Waals surface area contributed by atoms with Crippen LogP contribution in [0.2, 0.25) is 0 Å². The van der Waals surface area contributed by atoms with Crippen molar-refractivity contribution in [2.45, 2.75) is 6.54 Å². The van der Waals surface area contributed by atoms with Crippen LogP contribution in [0.1, 0.15) is 16.2 Å². The van der Waals surface area contributed by atoms with Gasteiger partial charge in [-0.2, -0.15) is 4.68 Å². The van der Waals surface area contributed by atoms with Gasteiger partial charge in [0.05, 0.1) is 33.6 Å². The van der Waals surface area contributed by atoms with Gasteiger partial charge in [-0.1, -0.05) is 0 Å². The van der Waals surface area contributed by atoms with Crippen molar-refractivity contribution in [2.75, 3.05) is 47.5 Å². The maximum Gasteiger partial charge on any atom is 0.254 e. The highest BCUT2D eigenvalue weighted by Crippen LogP contribution is 2.28. The Labute approximate surface area is 186 Å². The number of aromatic nitrogens is 4. The first-order valence-corrected chi connectivity index (χ1v) is 10.3. The highest BCUT2D eigenvalue weighted by atomic mass is 16.5. The van der Waals surface area contributed by atoms with E-state index in [4.69, 9.17) is 14.2 Å². The van der Waals surface area contributed by atoms with Gasteiger partial charge in [0.1, 0.15) is 5.75 Å². The Morgan fingerprint density at radius 1 is 0.906 bits per heavy atom. The monoisotopic (exact) mass is 438 g/mol. The average Bonchev–Trinajstić information content (AvgIpc) is 3.31. The molecule has 0 unspecified atom stereocenters. The largest absolute Gasteiger partial charge is 0.497 e. The molecule has 0 spiro atoms. The van der Waals surface area contributed by atoms with E-state index in [1.807, 2.05) is 29.2 Å². The van der Waals surface area contributed by atoms with Crippen LogP contribution in [0.5, 0.6) is 17.2 Å². The van der Waals surface area contributed by atoms with Crippen LogP contribution in [0.3, 0.4) is 0 Å². The minimum absolute atomic E-state index is 0.0198. The Hall–Kier alpha value is -3.66. The predicted octanol–water partition coefficient (Wildman–Crippen LogP) is 1.65. The lowest BCUT2D eigenvalue weighted by molar-refractivity contribution is 0.0624. The molecule has 1 fully saturated rings. The van der Waals surface area contributed by atoms with E-state index >= 15 is 0 Å². The first kappa shape index (κ1) is 21.6. The molecular weight excluding hydrogens is 412 g/mol. The number of benzene rings is 2. The second-order valence-electron chi connectivity index (χ2n) is 7.34. The number of nitrogens with zero attached hydrogens (tertiary/aromatic N) is 6. The van der Waals surface area contributed by atoms with Gasteiger partial charge in [-0.05, 0) is 52.9 Å². The quantitative estimate of drug-likeness (QED) is 0.550. The lowest BCUT2D eigenvalue weighted by Crippen LogP contribution is -2.48. The molecule has 0 radical (unpaired) electrons. The van der Waals surface area contributed by atoms with E-state index in [0.29, 0.717) is 36.7 Å². The zero-order valence-electron chi connectivity index (χ0n) is 18.4. The van der Waals surface area contributed by atoms with Crippen LogP contribution in [-0.4, -0.2) is 83.4 Å². The molecule has 0 aliphatic carbocycles. The minimum atomic E-state index is -0.0198. The van der Waals surface area contributed by atoms with Gasteiger partial charge >= 0.3 is 0 Å². The fourth-order valence-electron chi connectivity index (χ4n) is 3.69. The van der Waals surface area contributed by atoms with Crippen molar-refractivity contribution in [1.29, 1.82) is 0 Å². The standard InChI is InChI=1S/C22H26N6O4/c1-30-18-7-5-17(6-8-18)28-21(23-24-25-28)15-26-10-12-27(13-11-26)22(29)16-4-9-19(31-2)20(14-16)32-3/h4-9,14H,10-13,15H2,1-3H3. The second kappa shape index (κ2) is 9.65. The number of hydrogen-bond acceptors (Lipinski definition) is 8. The molecule has 3 aromatic rings. The third kappa shape index (κ3) is 4.50. The van der Waals surface area contributed by atoms with E-state index < -0.39 is 0 Å². The normalized spacial score (nSPS) is 14.3. The molecule has 10 heteroatoms. The van der Waals surface area contributed by atoms with Gasteiger partial charge in [-0.3, -0.25) is 9.69 Å². The van der Waals surface area contributed by atoms with Gasteiger partial charge in [0, 0.05) is 31.7 Å². The van der Waals surface area contributed by atoms with Crippen LogP contribution in [0.4, 0.5) is 0 Å². The summed E-state index contributed by atoms with van der Waals surface area (Å²) < 4.78 is 17.5. The molecular formula is C22H26N6O4. The van der Waals surface area contributed by atoms with Gasteiger partial charge in [0.2, 0.25) is 0 Å². The van der Waals surface area contributed by atoms with Crippen LogP contribution in [0.25, 0.3) is 5.69 Å². The molecule has 1 aromatic heterocycles. The van der Waals surface area contributed by atoms with Gasteiger partial charge in [-0.25, -0.2) is 0 Å². The van der Waals surface area contributed by atoms with Crippen LogP contribution >= 0.6 is 0 Å². The molecule has 10 nitrogen and oxygen atoms in total.